The molecule has 0 aromatic heterocycles. The van der Waals surface area contributed by atoms with Crippen molar-refractivity contribution in [2.24, 2.45) is 10.2 Å². The van der Waals surface area contributed by atoms with Gasteiger partial charge in [0.1, 0.15) is 22.5 Å². The Labute approximate surface area is 193 Å². The number of carbonyl (C=O) groups excluding carboxylic acids is 2. The number of hydrogen-bond acceptors (Lipinski definition) is 6. The Balaban J connectivity index is 2.45. The molecule has 0 bridgehead atoms. The summed E-state index contributed by atoms with van der Waals surface area (Å²) < 4.78 is 121. The molecule has 0 fully saturated rings. The standard InChI is InChI=1S/C18H8F8N6O4/c1-2-3-4(35-17(33)5-7(19)11(23)15(29-31-27)12(24)8(5)20)36-18(34)6-9(21)13(25)16(30-32-28)14(26)10(6)22/h4H,2-3H2,1H3. The molecule has 0 unspecified atom stereocenters. The molecule has 0 amide bonds. The summed E-state index contributed by atoms with van der Waals surface area (Å²) in [6, 6.07) is 0. The normalized spacial score (nSPS) is 11.2. The summed E-state index contributed by atoms with van der Waals surface area (Å²) >= 11 is 0. The van der Waals surface area contributed by atoms with Crippen LogP contribution in [0.2, 0.25) is 0 Å². The van der Waals surface area contributed by atoms with E-state index in [-0.39, 0.29) is 6.42 Å². The third-order valence-electron chi connectivity index (χ3n) is 4.18. The first kappa shape index (κ1) is 27.7. The summed E-state index contributed by atoms with van der Waals surface area (Å²) in [7, 11) is 0. The van der Waals surface area contributed by atoms with Crippen molar-refractivity contribution < 1.29 is 54.2 Å². The fourth-order valence-corrected chi connectivity index (χ4v) is 2.60. The molecule has 190 valence electrons. The second-order valence-electron chi connectivity index (χ2n) is 6.37. The summed E-state index contributed by atoms with van der Waals surface area (Å²) in [5.41, 5.74) is 8.95. The van der Waals surface area contributed by atoms with Crippen molar-refractivity contribution in [3.63, 3.8) is 0 Å². The second-order valence-corrected chi connectivity index (χ2v) is 6.37. The average Bonchev–Trinajstić information content (AvgIpc) is 2.82. The predicted octanol–water partition coefficient (Wildman–Crippen LogP) is 6.82. The first-order valence-electron chi connectivity index (χ1n) is 9.16. The minimum atomic E-state index is -2.36. The van der Waals surface area contributed by atoms with Gasteiger partial charge in [0.25, 0.3) is 0 Å². The molecule has 2 aromatic carbocycles. The van der Waals surface area contributed by atoms with Crippen LogP contribution in [0.15, 0.2) is 10.2 Å². The Kier molecular flexibility index (Phi) is 8.65. The van der Waals surface area contributed by atoms with Gasteiger partial charge in [-0.05, 0) is 17.5 Å². The van der Waals surface area contributed by atoms with Crippen LogP contribution in [0.3, 0.4) is 0 Å². The number of halogens is 8. The second kappa shape index (κ2) is 11.2. The van der Waals surface area contributed by atoms with E-state index in [4.69, 9.17) is 11.1 Å². The molecule has 0 spiro atoms. The lowest BCUT2D eigenvalue weighted by Crippen LogP contribution is -2.27. The minimum Gasteiger partial charge on any atom is -0.421 e. The van der Waals surface area contributed by atoms with Gasteiger partial charge in [-0.1, -0.05) is 17.2 Å². The van der Waals surface area contributed by atoms with Gasteiger partial charge in [0, 0.05) is 16.2 Å². The van der Waals surface area contributed by atoms with Crippen LogP contribution < -0.4 is 0 Å². The molecule has 0 aliphatic rings. The van der Waals surface area contributed by atoms with E-state index >= 15 is 0 Å². The molecule has 0 aliphatic heterocycles. The van der Waals surface area contributed by atoms with Crippen molar-refractivity contribution in [3.8, 4) is 0 Å². The van der Waals surface area contributed by atoms with Crippen LogP contribution in [0.5, 0.6) is 0 Å². The predicted molar refractivity (Wildman–Crippen MR) is 99.7 cm³/mol. The average molecular weight is 524 g/mol. The van der Waals surface area contributed by atoms with Crippen LogP contribution in [0.25, 0.3) is 20.9 Å². The SMILES string of the molecule is CCCC(OC(=O)c1c(F)c(F)c(N=[N+]=[N-])c(F)c1F)OC(=O)c1c(F)c(F)c(N=[N+]=[N-])c(F)c1F. The zero-order valence-corrected chi connectivity index (χ0v) is 17.3. The monoisotopic (exact) mass is 524 g/mol. The van der Waals surface area contributed by atoms with Crippen molar-refractivity contribution in [3.05, 3.63) is 78.6 Å². The van der Waals surface area contributed by atoms with E-state index in [9.17, 15) is 44.7 Å². The number of hydrogen-bond donors (Lipinski definition) is 0. The first-order chi connectivity index (χ1) is 16.9. The highest BCUT2D eigenvalue weighted by Crippen LogP contribution is 2.33. The van der Waals surface area contributed by atoms with Crippen LogP contribution in [-0.2, 0) is 9.47 Å². The van der Waals surface area contributed by atoms with E-state index in [1.807, 2.05) is 9.82 Å². The molecule has 0 heterocycles. The zero-order valence-electron chi connectivity index (χ0n) is 17.3. The molecule has 0 aliphatic carbocycles. The number of ether oxygens (including phenoxy) is 2. The molecular weight excluding hydrogens is 516 g/mol. The van der Waals surface area contributed by atoms with Crippen molar-refractivity contribution >= 4 is 23.3 Å². The lowest BCUT2D eigenvalue weighted by atomic mass is 10.1. The van der Waals surface area contributed by atoms with Crippen molar-refractivity contribution in [1.29, 1.82) is 0 Å². The van der Waals surface area contributed by atoms with Gasteiger partial charge in [0.2, 0.25) is 6.29 Å². The highest BCUT2D eigenvalue weighted by Gasteiger charge is 2.34. The lowest BCUT2D eigenvalue weighted by Gasteiger charge is -2.19. The molecule has 18 heteroatoms. The number of benzene rings is 2. The van der Waals surface area contributed by atoms with Crippen molar-refractivity contribution in [2.45, 2.75) is 26.1 Å². The lowest BCUT2D eigenvalue weighted by molar-refractivity contribution is -0.0839. The largest absolute Gasteiger partial charge is 0.421 e. The molecular formula is C18H8F8N6O4. The third kappa shape index (κ3) is 5.08. The molecule has 10 nitrogen and oxygen atoms in total. The van der Waals surface area contributed by atoms with Crippen LogP contribution in [-0.4, -0.2) is 18.2 Å². The van der Waals surface area contributed by atoms with E-state index in [1.54, 1.807) is 0 Å². The van der Waals surface area contributed by atoms with Gasteiger partial charge in [-0.3, -0.25) is 0 Å². The van der Waals surface area contributed by atoms with E-state index < -0.39 is 93.7 Å². The summed E-state index contributed by atoms with van der Waals surface area (Å²) in [5.74, 6) is -22.9. The number of esters is 2. The summed E-state index contributed by atoms with van der Waals surface area (Å²) in [6.07, 6.45) is -2.86. The maximum atomic E-state index is 14.1. The van der Waals surface area contributed by atoms with E-state index in [2.05, 4.69) is 19.7 Å². The number of azide groups is 2. The maximum Gasteiger partial charge on any atom is 0.347 e. The van der Waals surface area contributed by atoms with Crippen molar-refractivity contribution in [1.82, 2.24) is 0 Å². The Morgan fingerprint density at radius 2 is 1.00 bits per heavy atom. The molecule has 0 saturated heterocycles. The maximum absolute atomic E-state index is 14.1. The van der Waals surface area contributed by atoms with Crippen LogP contribution in [0, 0.1) is 46.5 Å². The number of rotatable bonds is 8. The van der Waals surface area contributed by atoms with E-state index in [1.165, 1.54) is 6.92 Å². The topological polar surface area (TPSA) is 150 Å². The first-order valence-corrected chi connectivity index (χ1v) is 9.16. The molecule has 2 rings (SSSR count). The molecule has 0 N–H and O–H groups in total. The fourth-order valence-electron chi connectivity index (χ4n) is 2.60. The summed E-state index contributed by atoms with van der Waals surface area (Å²) in [6.45, 7) is 1.36. The third-order valence-corrected chi connectivity index (χ3v) is 4.18. The number of carbonyl (C=O) groups is 2. The highest BCUT2D eigenvalue weighted by atomic mass is 19.2. The molecule has 36 heavy (non-hydrogen) atoms. The molecule has 0 radical (unpaired) electrons. The van der Waals surface area contributed by atoms with Gasteiger partial charge in [0.15, 0.2) is 46.5 Å². The quantitative estimate of drug-likeness (QED) is 0.0708. The van der Waals surface area contributed by atoms with E-state index in [0.29, 0.717) is 0 Å². The van der Waals surface area contributed by atoms with Crippen LogP contribution >= 0.6 is 0 Å². The smallest absolute Gasteiger partial charge is 0.347 e. The van der Waals surface area contributed by atoms with Gasteiger partial charge in [-0.15, -0.1) is 0 Å². The summed E-state index contributed by atoms with van der Waals surface area (Å²) in [4.78, 5) is 28.3. The Hall–Kier alpha value is -4.56. The Morgan fingerprint density at radius 1 is 0.694 bits per heavy atom. The Morgan fingerprint density at radius 3 is 1.25 bits per heavy atom. The van der Waals surface area contributed by atoms with Crippen LogP contribution in [0.1, 0.15) is 40.5 Å². The molecule has 2 aromatic rings. The molecule has 0 atom stereocenters. The fraction of sp³-hybridized carbons (Fsp3) is 0.222. The summed E-state index contributed by atoms with van der Waals surface area (Å²) in [5, 5.41) is 4.82. The van der Waals surface area contributed by atoms with Crippen molar-refractivity contribution in [2.75, 3.05) is 0 Å². The van der Waals surface area contributed by atoms with Gasteiger partial charge >= 0.3 is 11.9 Å². The van der Waals surface area contributed by atoms with Gasteiger partial charge in [-0.2, -0.15) is 0 Å². The van der Waals surface area contributed by atoms with Gasteiger partial charge in [-0.25, -0.2) is 44.7 Å². The Bertz CT molecular complexity index is 1200. The van der Waals surface area contributed by atoms with Gasteiger partial charge in [0.05, 0.1) is 0 Å². The highest BCUT2D eigenvalue weighted by molar-refractivity contribution is 5.92. The van der Waals surface area contributed by atoms with E-state index in [0.717, 1.165) is 0 Å². The minimum absolute atomic E-state index is 0.0573. The number of nitrogens with zero attached hydrogens (tertiary/aromatic N) is 6. The van der Waals surface area contributed by atoms with Crippen LogP contribution in [0.4, 0.5) is 46.5 Å². The zero-order chi connectivity index (χ0) is 27.3. The molecule has 0 saturated carbocycles. The van der Waals surface area contributed by atoms with Gasteiger partial charge < -0.3 is 9.47 Å².